The van der Waals surface area contributed by atoms with Gasteiger partial charge < -0.3 is 16.4 Å². The number of nitriles is 1. The molecule has 29 heavy (non-hydrogen) atoms. The van der Waals surface area contributed by atoms with Crippen LogP contribution in [0.4, 0.5) is 17.1 Å². The van der Waals surface area contributed by atoms with E-state index >= 15 is 0 Å². The number of nitrogens with two attached hydrogens (primary N) is 2. The molecule has 0 aliphatic rings. The summed E-state index contributed by atoms with van der Waals surface area (Å²) in [6.45, 7) is 7.96. The molecule has 4 nitrogen and oxygen atoms in total. The van der Waals surface area contributed by atoms with E-state index in [0.717, 1.165) is 28.2 Å². The molecule has 148 valence electrons. The van der Waals surface area contributed by atoms with Gasteiger partial charge >= 0.3 is 0 Å². The van der Waals surface area contributed by atoms with Crippen LogP contribution in [-0.4, -0.2) is 0 Å². The van der Waals surface area contributed by atoms with Crippen LogP contribution in [0.1, 0.15) is 44.4 Å². The van der Waals surface area contributed by atoms with Crippen LogP contribution in [-0.2, 0) is 11.1 Å². The lowest BCUT2D eigenvalue weighted by Gasteiger charge is -2.28. The molecule has 0 aliphatic carbocycles. The van der Waals surface area contributed by atoms with Crippen LogP contribution < -0.4 is 16.4 Å². The second-order valence-electron chi connectivity index (χ2n) is 8.53. The Labute approximate surface area is 173 Å². The standard InChI is InChI=1S/C25H28N4/c1-24(2,27)19-8-12-21(13-9-19)29(23-7-5-6-18(16-23)17-26)22-14-10-20(11-15-22)25(3,4)28/h5-16H,27-28H2,1-4H3. The average molecular weight is 385 g/mol. The summed E-state index contributed by atoms with van der Waals surface area (Å²) in [6, 6.07) is 26.3. The van der Waals surface area contributed by atoms with Gasteiger partial charge in [-0.25, -0.2) is 0 Å². The van der Waals surface area contributed by atoms with Crippen molar-refractivity contribution in [2.45, 2.75) is 38.8 Å². The Hall–Kier alpha value is -3.13. The van der Waals surface area contributed by atoms with Gasteiger partial charge in [-0.05, 0) is 81.3 Å². The molecule has 0 aromatic heterocycles. The predicted octanol–water partition coefficient (Wildman–Crippen LogP) is 5.42. The SMILES string of the molecule is CC(C)(N)c1ccc(N(c2ccc(C(C)(C)N)cc2)c2cccc(C#N)c2)cc1. The highest BCUT2D eigenvalue weighted by Crippen LogP contribution is 2.36. The second kappa shape index (κ2) is 7.71. The van der Waals surface area contributed by atoms with Crippen molar-refractivity contribution in [1.82, 2.24) is 0 Å². The summed E-state index contributed by atoms with van der Waals surface area (Å²) in [7, 11) is 0. The zero-order chi connectivity index (χ0) is 21.2. The van der Waals surface area contributed by atoms with Gasteiger partial charge in [0.25, 0.3) is 0 Å². The summed E-state index contributed by atoms with van der Waals surface area (Å²) in [4.78, 5) is 2.13. The van der Waals surface area contributed by atoms with Gasteiger partial charge in [-0.15, -0.1) is 0 Å². The molecule has 0 saturated heterocycles. The first-order valence-corrected chi connectivity index (χ1v) is 9.69. The highest BCUT2D eigenvalue weighted by molar-refractivity contribution is 5.77. The van der Waals surface area contributed by atoms with Crippen LogP contribution in [0.5, 0.6) is 0 Å². The molecule has 0 aliphatic heterocycles. The summed E-state index contributed by atoms with van der Waals surface area (Å²) in [5.41, 5.74) is 17.3. The summed E-state index contributed by atoms with van der Waals surface area (Å²) < 4.78 is 0. The van der Waals surface area contributed by atoms with Crippen molar-refractivity contribution in [3.8, 4) is 6.07 Å². The lowest BCUT2D eigenvalue weighted by Crippen LogP contribution is -2.28. The van der Waals surface area contributed by atoms with Gasteiger partial charge in [0.15, 0.2) is 0 Å². The Morgan fingerprint density at radius 3 is 1.52 bits per heavy atom. The first kappa shape index (κ1) is 20.6. The maximum absolute atomic E-state index is 9.34. The van der Waals surface area contributed by atoms with Crippen molar-refractivity contribution >= 4 is 17.1 Å². The van der Waals surface area contributed by atoms with Gasteiger partial charge in [0.05, 0.1) is 11.6 Å². The molecule has 0 atom stereocenters. The normalized spacial score (nSPS) is 11.8. The molecule has 3 rings (SSSR count). The van der Waals surface area contributed by atoms with Gasteiger partial charge in [-0.1, -0.05) is 30.3 Å². The third-order valence-corrected chi connectivity index (χ3v) is 4.97. The number of benzene rings is 3. The molecule has 0 spiro atoms. The van der Waals surface area contributed by atoms with Crippen LogP contribution in [0, 0.1) is 11.3 Å². The fourth-order valence-electron chi connectivity index (χ4n) is 3.24. The van der Waals surface area contributed by atoms with Crippen molar-refractivity contribution < 1.29 is 0 Å². The minimum absolute atomic E-state index is 0.404. The Balaban J connectivity index is 2.11. The quantitative estimate of drug-likeness (QED) is 0.616. The van der Waals surface area contributed by atoms with E-state index in [0.29, 0.717) is 5.56 Å². The van der Waals surface area contributed by atoms with Crippen molar-refractivity contribution in [3.05, 3.63) is 89.5 Å². The molecular formula is C25H28N4. The topological polar surface area (TPSA) is 79.1 Å². The van der Waals surface area contributed by atoms with Crippen LogP contribution in [0.15, 0.2) is 72.8 Å². The van der Waals surface area contributed by atoms with E-state index in [1.807, 2.05) is 76.2 Å². The fourth-order valence-corrected chi connectivity index (χ4v) is 3.24. The van der Waals surface area contributed by atoms with Gasteiger partial charge in [0.1, 0.15) is 0 Å². The molecule has 0 heterocycles. The van der Waals surface area contributed by atoms with Crippen LogP contribution in [0.25, 0.3) is 0 Å². The lowest BCUT2D eigenvalue weighted by molar-refractivity contribution is 0.554. The molecule has 4 heteroatoms. The van der Waals surface area contributed by atoms with Gasteiger partial charge in [0, 0.05) is 28.1 Å². The number of hydrogen-bond acceptors (Lipinski definition) is 4. The number of rotatable bonds is 5. The summed E-state index contributed by atoms with van der Waals surface area (Å²) in [5.74, 6) is 0. The van der Waals surface area contributed by atoms with Crippen LogP contribution in [0.2, 0.25) is 0 Å². The smallest absolute Gasteiger partial charge is 0.0992 e. The zero-order valence-corrected chi connectivity index (χ0v) is 17.5. The van der Waals surface area contributed by atoms with Crippen molar-refractivity contribution in [2.24, 2.45) is 11.5 Å². The molecule has 0 fully saturated rings. The Morgan fingerprint density at radius 1 is 0.690 bits per heavy atom. The molecule has 0 radical (unpaired) electrons. The average Bonchev–Trinajstić information content (AvgIpc) is 2.68. The van der Waals surface area contributed by atoms with Crippen LogP contribution in [0.3, 0.4) is 0 Å². The van der Waals surface area contributed by atoms with Gasteiger partial charge in [-0.2, -0.15) is 5.26 Å². The number of hydrogen-bond donors (Lipinski definition) is 2. The van der Waals surface area contributed by atoms with E-state index in [1.54, 1.807) is 0 Å². The largest absolute Gasteiger partial charge is 0.322 e. The minimum Gasteiger partial charge on any atom is -0.322 e. The fraction of sp³-hybridized carbons (Fsp3) is 0.240. The van der Waals surface area contributed by atoms with Crippen molar-refractivity contribution in [3.63, 3.8) is 0 Å². The summed E-state index contributed by atoms with van der Waals surface area (Å²) in [6.07, 6.45) is 0. The highest BCUT2D eigenvalue weighted by atomic mass is 15.1. The molecule has 0 unspecified atom stereocenters. The number of anilines is 3. The predicted molar refractivity (Wildman–Crippen MR) is 120 cm³/mol. The molecule has 0 saturated carbocycles. The van der Waals surface area contributed by atoms with E-state index in [-0.39, 0.29) is 0 Å². The van der Waals surface area contributed by atoms with E-state index in [1.165, 1.54) is 0 Å². The first-order valence-electron chi connectivity index (χ1n) is 9.69. The summed E-state index contributed by atoms with van der Waals surface area (Å²) in [5, 5.41) is 9.34. The highest BCUT2D eigenvalue weighted by Gasteiger charge is 2.18. The first-order chi connectivity index (χ1) is 13.6. The maximum Gasteiger partial charge on any atom is 0.0992 e. The maximum atomic E-state index is 9.34. The molecule has 0 amide bonds. The van der Waals surface area contributed by atoms with Crippen molar-refractivity contribution in [2.75, 3.05) is 4.90 Å². The van der Waals surface area contributed by atoms with E-state index in [4.69, 9.17) is 11.5 Å². The lowest BCUT2D eigenvalue weighted by atomic mass is 9.94. The third kappa shape index (κ3) is 4.65. The monoisotopic (exact) mass is 384 g/mol. The molecule has 3 aromatic rings. The Bertz CT molecular complexity index is 957. The van der Waals surface area contributed by atoms with E-state index in [2.05, 4.69) is 35.2 Å². The molecule has 4 N–H and O–H groups in total. The van der Waals surface area contributed by atoms with Gasteiger partial charge in [-0.3, -0.25) is 0 Å². The Kier molecular flexibility index (Phi) is 5.48. The summed E-state index contributed by atoms with van der Waals surface area (Å²) >= 11 is 0. The van der Waals surface area contributed by atoms with Crippen LogP contribution >= 0.6 is 0 Å². The molecule has 0 bridgehead atoms. The Morgan fingerprint density at radius 2 is 1.14 bits per heavy atom. The molecule has 3 aromatic carbocycles. The minimum atomic E-state index is -0.404. The van der Waals surface area contributed by atoms with E-state index in [9.17, 15) is 5.26 Å². The molecular weight excluding hydrogens is 356 g/mol. The van der Waals surface area contributed by atoms with E-state index < -0.39 is 11.1 Å². The third-order valence-electron chi connectivity index (χ3n) is 4.97. The second-order valence-corrected chi connectivity index (χ2v) is 8.53. The van der Waals surface area contributed by atoms with Gasteiger partial charge in [0.2, 0.25) is 0 Å². The number of nitrogens with zero attached hydrogens (tertiary/aromatic N) is 2. The van der Waals surface area contributed by atoms with Crippen molar-refractivity contribution in [1.29, 1.82) is 5.26 Å². The zero-order valence-electron chi connectivity index (χ0n) is 17.5.